The molecule has 2 amide bonds. The van der Waals surface area contributed by atoms with Gasteiger partial charge < -0.3 is 10.2 Å². The Morgan fingerprint density at radius 2 is 1.87 bits per heavy atom. The molecule has 2 rings (SSSR count). The largest absolute Gasteiger partial charge is 0.354 e. The first kappa shape index (κ1) is 24.2. The molecule has 0 bridgehead atoms. The number of halogens is 2. The Labute approximate surface area is 187 Å². The molecule has 0 aliphatic carbocycles. The minimum Gasteiger partial charge on any atom is -0.354 e. The summed E-state index contributed by atoms with van der Waals surface area (Å²) >= 11 is 7.72. The van der Waals surface area contributed by atoms with Crippen molar-refractivity contribution in [3.05, 3.63) is 70.5 Å². The molecule has 2 aromatic carbocycles. The Bertz CT molecular complexity index is 832. The number of carbonyl (C=O) groups is 2. The van der Waals surface area contributed by atoms with Crippen LogP contribution in [0.5, 0.6) is 0 Å². The molecular weight excluding hydrogens is 423 g/mol. The van der Waals surface area contributed by atoms with Crippen LogP contribution in [-0.4, -0.2) is 35.1 Å². The van der Waals surface area contributed by atoms with E-state index in [9.17, 15) is 14.0 Å². The predicted molar refractivity (Wildman–Crippen MR) is 122 cm³/mol. The second-order valence-corrected chi connectivity index (χ2v) is 8.45. The normalized spacial score (nSPS) is 11.7. The lowest BCUT2D eigenvalue weighted by atomic mass is 10.1. The Morgan fingerprint density at radius 1 is 1.17 bits per heavy atom. The fourth-order valence-electron chi connectivity index (χ4n) is 2.85. The van der Waals surface area contributed by atoms with Crippen LogP contribution in [0.2, 0.25) is 5.02 Å². The van der Waals surface area contributed by atoms with Gasteiger partial charge in [-0.2, -0.15) is 0 Å². The van der Waals surface area contributed by atoms with Crippen molar-refractivity contribution >= 4 is 35.2 Å². The second-order valence-electron chi connectivity index (χ2n) is 7.05. The van der Waals surface area contributed by atoms with Crippen LogP contribution in [0.25, 0.3) is 0 Å². The second kappa shape index (κ2) is 12.6. The third-order valence-corrected chi connectivity index (χ3v) is 6.06. The number of nitrogens with zero attached hydrogens (tertiary/aromatic N) is 1. The summed E-state index contributed by atoms with van der Waals surface area (Å²) in [5.74, 6) is 0.207. The summed E-state index contributed by atoms with van der Waals surface area (Å²) in [5, 5.41) is 3.46. The first-order valence-electron chi connectivity index (χ1n) is 10.0. The van der Waals surface area contributed by atoms with Crippen molar-refractivity contribution < 1.29 is 14.0 Å². The van der Waals surface area contributed by atoms with E-state index in [0.29, 0.717) is 17.3 Å². The van der Waals surface area contributed by atoms with Gasteiger partial charge in [0.1, 0.15) is 11.9 Å². The zero-order valence-corrected chi connectivity index (χ0v) is 18.9. The van der Waals surface area contributed by atoms with Crippen LogP contribution in [0.1, 0.15) is 37.8 Å². The standard InChI is InChI=1S/C23H28ClFN2O2S/c1-3-4-13-26-23(29)17(2)27(14-19-7-5-6-8-21(19)24)22(28)16-30-15-18-9-11-20(25)12-10-18/h5-12,17H,3-4,13-16H2,1-2H3,(H,26,29)/t17-/m1/s1. The highest BCUT2D eigenvalue weighted by atomic mass is 35.5. The lowest BCUT2D eigenvalue weighted by Crippen LogP contribution is -2.48. The molecule has 1 atom stereocenters. The Kier molecular flexibility index (Phi) is 10.2. The van der Waals surface area contributed by atoms with Crippen molar-refractivity contribution in [1.82, 2.24) is 10.2 Å². The molecule has 0 spiro atoms. The average molecular weight is 451 g/mol. The average Bonchev–Trinajstić information content (AvgIpc) is 2.74. The molecule has 0 aliphatic heterocycles. The molecule has 162 valence electrons. The fraction of sp³-hybridized carbons (Fsp3) is 0.391. The third-order valence-electron chi connectivity index (χ3n) is 4.70. The van der Waals surface area contributed by atoms with Gasteiger partial charge in [0.05, 0.1) is 5.75 Å². The molecule has 30 heavy (non-hydrogen) atoms. The summed E-state index contributed by atoms with van der Waals surface area (Å²) in [7, 11) is 0. The van der Waals surface area contributed by atoms with E-state index in [0.717, 1.165) is 24.0 Å². The van der Waals surface area contributed by atoms with Crippen molar-refractivity contribution in [3.8, 4) is 0 Å². The number of carbonyl (C=O) groups excluding carboxylic acids is 2. The summed E-state index contributed by atoms with van der Waals surface area (Å²) in [4.78, 5) is 27.2. The number of rotatable bonds is 11. The maximum absolute atomic E-state index is 13.0. The summed E-state index contributed by atoms with van der Waals surface area (Å²) in [6.45, 7) is 4.65. The minimum atomic E-state index is -0.614. The summed E-state index contributed by atoms with van der Waals surface area (Å²) < 4.78 is 13.0. The van der Waals surface area contributed by atoms with Crippen molar-refractivity contribution in [3.63, 3.8) is 0 Å². The molecule has 0 radical (unpaired) electrons. The highest BCUT2D eigenvalue weighted by Gasteiger charge is 2.26. The maximum atomic E-state index is 13.0. The molecule has 1 N–H and O–H groups in total. The third kappa shape index (κ3) is 7.65. The van der Waals surface area contributed by atoms with Gasteiger partial charge in [0.25, 0.3) is 0 Å². The van der Waals surface area contributed by atoms with Gasteiger partial charge in [0.15, 0.2) is 0 Å². The molecule has 0 saturated carbocycles. The summed E-state index contributed by atoms with van der Waals surface area (Å²) in [6.07, 6.45) is 1.88. The molecular formula is C23H28ClFN2O2S. The van der Waals surface area contributed by atoms with E-state index in [1.54, 1.807) is 30.0 Å². The quantitative estimate of drug-likeness (QED) is 0.487. The van der Waals surface area contributed by atoms with E-state index in [4.69, 9.17) is 11.6 Å². The van der Waals surface area contributed by atoms with Crippen LogP contribution in [0.3, 0.4) is 0 Å². The van der Waals surface area contributed by atoms with E-state index >= 15 is 0 Å². The van der Waals surface area contributed by atoms with Crippen LogP contribution < -0.4 is 5.32 Å². The van der Waals surface area contributed by atoms with Gasteiger partial charge in [-0.1, -0.05) is 55.3 Å². The van der Waals surface area contributed by atoms with Crippen molar-refractivity contribution in [1.29, 1.82) is 0 Å². The number of hydrogen-bond donors (Lipinski definition) is 1. The fourth-order valence-corrected chi connectivity index (χ4v) is 3.91. The molecule has 0 fully saturated rings. The van der Waals surface area contributed by atoms with Gasteiger partial charge in [-0.05, 0) is 42.7 Å². The van der Waals surface area contributed by atoms with Crippen LogP contribution in [-0.2, 0) is 21.9 Å². The van der Waals surface area contributed by atoms with Crippen LogP contribution >= 0.6 is 23.4 Å². The van der Waals surface area contributed by atoms with Gasteiger partial charge >= 0.3 is 0 Å². The lowest BCUT2D eigenvalue weighted by molar-refractivity contribution is -0.138. The summed E-state index contributed by atoms with van der Waals surface area (Å²) in [5.41, 5.74) is 1.74. The molecule has 7 heteroatoms. The minimum absolute atomic E-state index is 0.139. The summed E-state index contributed by atoms with van der Waals surface area (Å²) in [6, 6.07) is 12.9. The molecule has 0 aromatic heterocycles. The number of hydrogen-bond acceptors (Lipinski definition) is 3. The molecule has 4 nitrogen and oxygen atoms in total. The van der Waals surface area contributed by atoms with E-state index in [2.05, 4.69) is 12.2 Å². The monoisotopic (exact) mass is 450 g/mol. The predicted octanol–water partition coefficient (Wildman–Crippen LogP) is 5.05. The molecule has 0 heterocycles. The van der Waals surface area contributed by atoms with E-state index in [-0.39, 0.29) is 29.9 Å². The first-order chi connectivity index (χ1) is 14.4. The highest BCUT2D eigenvalue weighted by Crippen LogP contribution is 2.20. The number of amides is 2. The lowest BCUT2D eigenvalue weighted by Gasteiger charge is -2.29. The number of benzene rings is 2. The number of nitrogens with one attached hydrogen (secondary N) is 1. The smallest absolute Gasteiger partial charge is 0.242 e. The Hall–Kier alpha value is -2.05. The van der Waals surface area contributed by atoms with E-state index in [1.807, 2.05) is 18.2 Å². The zero-order chi connectivity index (χ0) is 21.9. The van der Waals surface area contributed by atoms with Crippen LogP contribution in [0.4, 0.5) is 4.39 Å². The number of unbranched alkanes of at least 4 members (excludes halogenated alkanes) is 1. The molecule has 0 unspecified atom stereocenters. The first-order valence-corrected chi connectivity index (χ1v) is 11.6. The van der Waals surface area contributed by atoms with Crippen molar-refractivity contribution in [2.75, 3.05) is 12.3 Å². The van der Waals surface area contributed by atoms with Gasteiger partial charge in [0.2, 0.25) is 11.8 Å². The molecule has 0 saturated heterocycles. The van der Waals surface area contributed by atoms with Crippen molar-refractivity contribution in [2.45, 2.75) is 45.0 Å². The van der Waals surface area contributed by atoms with Crippen LogP contribution in [0.15, 0.2) is 48.5 Å². The topological polar surface area (TPSA) is 49.4 Å². The zero-order valence-electron chi connectivity index (χ0n) is 17.4. The molecule has 0 aliphatic rings. The number of thioether (sulfide) groups is 1. The van der Waals surface area contributed by atoms with Gasteiger partial charge in [-0.15, -0.1) is 11.8 Å². The van der Waals surface area contributed by atoms with Gasteiger partial charge in [-0.25, -0.2) is 4.39 Å². The van der Waals surface area contributed by atoms with Gasteiger partial charge in [-0.3, -0.25) is 9.59 Å². The van der Waals surface area contributed by atoms with Gasteiger partial charge in [0, 0.05) is 23.9 Å². The SMILES string of the molecule is CCCCNC(=O)[C@@H](C)N(Cc1ccccc1Cl)C(=O)CSCc1ccc(F)cc1. The van der Waals surface area contributed by atoms with Crippen LogP contribution in [0, 0.1) is 5.82 Å². The Morgan fingerprint density at radius 3 is 2.53 bits per heavy atom. The molecule has 2 aromatic rings. The Balaban J connectivity index is 2.04. The highest BCUT2D eigenvalue weighted by molar-refractivity contribution is 7.99. The van der Waals surface area contributed by atoms with E-state index in [1.165, 1.54) is 23.9 Å². The van der Waals surface area contributed by atoms with E-state index < -0.39 is 6.04 Å². The maximum Gasteiger partial charge on any atom is 0.242 e. The van der Waals surface area contributed by atoms with Crippen molar-refractivity contribution in [2.24, 2.45) is 0 Å².